The van der Waals surface area contributed by atoms with Crippen LogP contribution in [-0.4, -0.2) is 63.2 Å². The zero-order chi connectivity index (χ0) is 20.4. The Morgan fingerprint density at radius 2 is 2.07 bits per heavy atom. The molecule has 0 aliphatic carbocycles. The summed E-state index contributed by atoms with van der Waals surface area (Å²) in [6.07, 6.45) is 0. The average Bonchev–Trinajstić information content (AvgIpc) is 3.13. The number of rotatable bonds is 5. The van der Waals surface area contributed by atoms with Gasteiger partial charge in [0.1, 0.15) is 6.61 Å². The number of carbonyl (C=O) groups excluding carboxylic acids is 2. The summed E-state index contributed by atoms with van der Waals surface area (Å²) >= 11 is 0. The zero-order valence-corrected chi connectivity index (χ0v) is 16.8. The van der Waals surface area contributed by atoms with Gasteiger partial charge in [0.25, 0.3) is 5.91 Å². The normalized spacial score (nSPS) is 15.6. The molecule has 0 saturated carbocycles. The third-order valence-corrected chi connectivity index (χ3v) is 5.47. The van der Waals surface area contributed by atoms with Crippen molar-refractivity contribution in [2.24, 2.45) is 0 Å². The van der Waals surface area contributed by atoms with Crippen LogP contribution in [0.1, 0.15) is 15.9 Å². The molecule has 0 spiro atoms. The van der Waals surface area contributed by atoms with Gasteiger partial charge in [-0.05, 0) is 35.7 Å². The lowest BCUT2D eigenvalue weighted by atomic mass is 9.96. The lowest BCUT2D eigenvalue weighted by Crippen LogP contribution is -2.37. The molecule has 0 aromatic heterocycles. The van der Waals surface area contributed by atoms with Crippen molar-refractivity contribution in [3.8, 4) is 16.9 Å². The highest BCUT2D eigenvalue weighted by Gasteiger charge is 2.25. The largest absolute Gasteiger partial charge is 0.489 e. The Hall–Kier alpha value is -3.22. The van der Waals surface area contributed by atoms with Gasteiger partial charge in [0.05, 0.1) is 17.8 Å². The van der Waals surface area contributed by atoms with E-state index in [1.54, 1.807) is 4.90 Å². The summed E-state index contributed by atoms with van der Waals surface area (Å²) in [5, 5.41) is 5.71. The maximum absolute atomic E-state index is 13.0. The molecule has 4 rings (SSSR count). The van der Waals surface area contributed by atoms with Crippen molar-refractivity contribution in [3.05, 3.63) is 47.5 Å². The average molecular weight is 394 g/mol. The van der Waals surface area contributed by atoms with Crippen LogP contribution < -0.4 is 20.3 Å². The van der Waals surface area contributed by atoms with E-state index in [1.165, 1.54) is 0 Å². The van der Waals surface area contributed by atoms with Gasteiger partial charge in [-0.2, -0.15) is 0 Å². The number of likely N-dealkylation sites (N-methyl/N-ethyl adjacent to an activating group) is 1. The van der Waals surface area contributed by atoms with E-state index in [0.717, 1.165) is 28.9 Å². The van der Waals surface area contributed by atoms with Crippen LogP contribution >= 0.6 is 0 Å². The molecule has 7 nitrogen and oxygen atoms in total. The SMILES string of the molecule is Cc1ccccc1-c1cc(C(=O)NCCN2CCNC2=O)c2c(c1)N(C)CCO2. The first-order chi connectivity index (χ1) is 14.0. The monoisotopic (exact) mass is 394 g/mol. The number of hydrogen-bond donors (Lipinski definition) is 2. The van der Waals surface area contributed by atoms with E-state index in [0.29, 0.717) is 44.1 Å². The van der Waals surface area contributed by atoms with E-state index in [2.05, 4.69) is 40.7 Å². The molecule has 0 bridgehead atoms. The Morgan fingerprint density at radius 3 is 2.83 bits per heavy atom. The molecule has 2 heterocycles. The molecule has 1 saturated heterocycles. The van der Waals surface area contributed by atoms with Crippen LogP contribution in [0.25, 0.3) is 11.1 Å². The van der Waals surface area contributed by atoms with Gasteiger partial charge in [-0.3, -0.25) is 4.79 Å². The molecule has 2 aromatic rings. The molecule has 0 atom stereocenters. The number of ether oxygens (including phenoxy) is 1. The molecule has 2 aliphatic heterocycles. The van der Waals surface area contributed by atoms with E-state index < -0.39 is 0 Å². The van der Waals surface area contributed by atoms with Crippen LogP contribution in [-0.2, 0) is 0 Å². The predicted molar refractivity (Wildman–Crippen MR) is 113 cm³/mol. The van der Waals surface area contributed by atoms with E-state index in [9.17, 15) is 9.59 Å². The summed E-state index contributed by atoms with van der Waals surface area (Å²) in [6.45, 7) is 5.58. The summed E-state index contributed by atoms with van der Waals surface area (Å²) in [5.74, 6) is 0.430. The van der Waals surface area contributed by atoms with Gasteiger partial charge < -0.3 is 25.2 Å². The van der Waals surface area contributed by atoms with Crippen molar-refractivity contribution in [3.63, 3.8) is 0 Å². The Kier molecular flexibility index (Phi) is 5.29. The summed E-state index contributed by atoms with van der Waals surface area (Å²) in [6, 6.07) is 12.0. The van der Waals surface area contributed by atoms with Crippen molar-refractivity contribution in [1.82, 2.24) is 15.5 Å². The molecular formula is C22H26N4O3. The molecule has 2 aliphatic rings. The molecule has 0 unspecified atom stereocenters. The summed E-state index contributed by atoms with van der Waals surface area (Å²) in [7, 11) is 2.01. The quantitative estimate of drug-likeness (QED) is 0.816. The number of anilines is 1. The van der Waals surface area contributed by atoms with Crippen molar-refractivity contribution >= 4 is 17.6 Å². The fourth-order valence-electron chi connectivity index (χ4n) is 3.80. The number of aryl methyl sites for hydroxylation is 1. The Bertz CT molecular complexity index is 944. The maximum atomic E-state index is 13.0. The molecule has 2 N–H and O–H groups in total. The minimum absolute atomic E-state index is 0.0804. The molecule has 3 amide bonds. The minimum atomic E-state index is -0.188. The smallest absolute Gasteiger partial charge is 0.317 e. The second kappa shape index (κ2) is 8.03. The molecule has 1 fully saturated rings. The van der Waals surface area contributed by atoms with Gasteiger partial charge in [0.2, 0.25) is 0 Å². The van der Waals surface area contributed by atoms with Gasteiger partial charge in [-0.25, -0.2) is 4.79 Å². The number of hydrogen-bond acceptors (Lipinski definition) is 4. The number of nitrogens with zero attached hydrogens (tertiary/aromatic N) is 2. The van der Waals surface area contributed by atoms with Gasteiger partial charge >= 0.3 is 6.03 Å². The standard InChI is InChI=1S/C22H26N4O3/c1-15-5-3-4-6-17(15)16-13-18(20-19(14-16)25(2)11-12-29-20)21(27)23-7-9-26-10-8-24-22(26)28/h3-6,13-14H,7-12H2,1-2H3,(H,23,27)(H,24,28). The molecule has 0 radical (unpaired) electrons. The number of nitrogens with one attached hydrogen (secondary N) is 2. The molecule has 7 heteroatoms. The van der Waals surface area contributed by atoms with Gasteiger partial charge in [-0.15, -0.1) is 0 Å². The zero-order valence-electron chi connectivity index (χ0n) is 16.8. The maximum Gasteiger partial charge on any atom is 0.317 e. The van der Waals surface area contributed by atoms with Crippen molar-refractivity contribution < 1.29 is 14.3 Å². The fourth-order valence-corrected chi connectivity index (χ4v) is 3.80. The highest BCUT2D eigenvalue weighted by molar-refractivity contribution is 6.01. The second-order valence-corrected chi connectivity index (χ2v) is 7.43. The Balaban J connectivity index is 1.61. The number of fused-ring (bicyclic) bond motifs is 1. The van der Waals surface area contributed by atoms with Crippen molar-refractivity contribution in [2.45, 2.75) is 6.92 Å². The topological polar surface area (TPSA) is 73.9 Å². The van der Waals surface area contributed by atoms with E-state index >= 15 is 0 Å². The minimum Gasteiger partial charge on any atom is -0.489 e. The summed E-state index contributed by atoms with van der Waals surface area (Å²) in [4.78, 5) is 28.5. The third kappa shape index (κ3) is 3.85. The molecular weight excluding hydrogens is 368 g/mol. The molecule has 152 valence electrons. The summed E-state index contributed by atoms with van der Waals surface area (Å²) in [5.41, 5.74) is 4.68. The Labute approximate surface area is 170 Å². The van der Waals surface area contributed by atoms with Crippen LogP contribution in [0.5, 0.6) is 5.75 Å². The number of benzene rings is 2. The number of urea groups is 1. The highest BCUT2D eigenvalue weighted by Crippen LogP contribution is 2.39. The van der Waals surface area contributed by atoms with Crippen molar-refractivity contribution in [2.75, 3.05) is 51.3 Å². The van der Waals surface area contributed by atoms with Crippen LogP contribution in [0, 0.1) is 6.92 Å². The molecule has 2 aromatic carbocycles. The number of carbonyl (C=O) groups is 2. The summed E-state index contributed by atoms with van der Waals surface area (Å²) < 4.78 is 5.89. The number of amides is 3. The van der Waals surface area contributed by atoms with Crippen molar-refractivity contribution in [1.29, 1.82) is 0 Å². The Morgan fingerprint density at radius 1 is 1.24 bits per heavy atom. The first-order valence-electron chi connectivity index (χ1n) is 9.93. The highest BCUT2D eigenvalue weighted by atomic mass is 16.5. The van der Waals surface area contributed by atoms with Crippen LogP contribution in [0.2, 0.25) is 0 Å². The predicted octanol–water partition coefficient (Wildman–Crippen LogP) is 2.25. The fraction of sp³-hybridized carbons (Fsp3) is 0.364. The molecule has 29 heavy (non-hydrogen) atoms. The van der Waals surface area contributed by atoms with Crippen LogP contribution in [0.15, 0.2) is 36.4 Å². The lowest BCUT2D eigenvalue weighted by molar-refractivity contribution is 0.0946. The van der Waals surface area contributed by atoms with E-state index in [1.807, 2.05) is 25.2 Å². The van der Waals surface area contributed by atoms with Gasteiger partial charge in [-0.1, -0.05) is 24.3 Å². The third-order valence-electron chi connectivity index (χ3n) is 5.47. The van der Waals surface area contributed by atoms with E-state index in [-0.39, 0.29) is 11.9 Å². The second-order valence-electron chi connectivity index (χ2n) is 7.43. The first kappa shape index (κ1) is 19.1. The van der Waals surface area contributed by atoms with Crippen LogP contribution in [0.3, 0.4) is 0 Å². The lowest BCUT2D eigenvalue weighted by Gasteiger charge is -2.30. The van der Waals surface area contributed by atoms with E-state index in [4.69, 9.17) is 4.74 Å². The van der Waals surface area contributed by atoms with Gasteiger partial charge in [0.15, 0.2) is 5.75 Å². The van der Waals surface area contributed by atoms with Gasteiger partial charge in [0, 0.05) is 33.2 Å². The van der Waals surface area contributed by atoms with Crippen LogP contribution in [0.4, 0.5) is 10.5 Å². The first-order valence-corrected chi connectivity index (χ1v) is 9.93.